The Hall–Kier alpha value is -1.92. The number of nitrogens with zero attached hydrogens (tertiary/aromatic N) is 3. The average Bonchev–Trinajstić information content (AvgIpc) is 2.67. The Bertz CT molecular complexity index is 801. The van der Waals surface area contributed by atoms with Crippen LogP contribution < -0.4 is 9.80 Å². The first-order chi connectivity index (χ1) is 13.3. The van der Waals surface area contributed by atoms with Crippen LogP contribution in [0.4, 0.5) is 15.8 Å². The summed E-state index contributed by atoms with van der Waals surface area (Å²) in [5.41, 5.74) is 3.75. The molecule has 0 N–H and O–H groups in total. The molecule has 2 aromatic rings. The first-order valence-electron chi connectivity index (χ1n) is 10.1. The molecule has 0 aliphatic carbocycles. The predicted octanol–water partition coefficient (Wildman–Crippen LogP) is 4.53. The number of piperazine rings is 1. The Balaban J connectivity index is 1.66. The van der Waals surface area contributed by atoms with Crippen LogP contribution in [0.25, 0.3) is 0 Å². The average molecular weight is 402 g/mol. The molecule has 152 valence electrons. The van der Waals surface area contributed by atoms with E-state index in [4.69, 9.17) is 4.43 Å². The highest BCUT2D eigenvalue weighted by molar-refractivity contribution is 6.53. The Labute approximate surface area is 170 Å². The summed E-state index contributed by atoms with van der Waals surface area (Å²) < 4.78 is 21.2. The van der Waals surface area contributed by atoms with Gasteiger partial charge in [-0.05, 0) is 36.2 Å². The molecule has 4 nitrogen and oxygen atoms in total. The van der Waals surface area contributed by atoms with Crippen molar-refractivity contribution < 1.29 is 8.82 Å². The fourth-order valence-corrected chi connectivity index (χ4v) is 4.33. The number of benzene rings is 1. The second-order valence-electron chi connectivity index (χ2n) is 8.71. The maximum absolute atomic E-state index is 15.2. The van der Waals surface area contributed by atoms with Gasteiger partial charge in [0.25, 0.3) is 0 Å². The van der Waals surface area contributed by atoms with Crippen LogP contribution in [0.5, 0.6) is 0 Å². The standard InChI is InChI=1S/C22H32FN3OSi/c1-17-15-24-10-9-19(17)25-11-13-26(14-12-25)20-8-6-7-18(21(20)23)16-27-28(5)22(2,3)4/h6-10,15,28H,11-14,16H2,1-5H3. The number of halogens is 1. The predicted molar refractivity (Wildman–Crippen MR) is 117 cm³/mol. The van der Waals surface area contributed by atoms with E-state index in [1.54, 1.807) is 0 Å². The highest BCUT2D eigenvalue weighted by Crippen LogP contribution is 2.30. The zero-order chi connectivity index (χ0) is 20.3. The smallest absolute Gasteiger partial charge is 0.179 e. The van der Waals surface area contributed by atoms with Crippen molar-refractivity contribution in [1.29, 1.82) is 0 Å². The molecule has 1 fully saturated rings. The van der Waals surface area contributed by atoms with E-state index in [1.807, 2.05) is 30.6 Å². The van der Waals surface area contributed by atoms with Crippen LogP contribution in [-0.4, -0.2) is 40.2 Å². The summed E-state index contributed by atoms with van der Waals surface area (Å²) in [7, 11) is -1.37. The molecular formula is C22H32FN3OSi. The molecule has 1 aliphatic rings. The monoisotopic (exact) mass is 401 g/mol. The van der Waals surface area contributed by atoms with Crippen molar-refractivity contribution in [3.05, 3.63) is 53.6 Å². The lowest BCUT2D eigenvalue weighted by atomic mass is 10.1. The van der Waals surface area contributed by atoms with Gasteiger partial charge in [0.1, 0.15) is 0 Å². The summed E-state index contributed by atoms with van der Waals surface area (Å²) in [5.74, 6) is -0.133. The summed E-state index contributed by atoms with van der Waals surface area (Å²) in [5, 5.41) is 0.176. The van der Waals surface area contributed by atoms with Gasteiger partial charge in [0.05, 0.1) is 12.3 Å². The molecule has 2 heterocycles. The van der Waals surface area contributed by atoms with Gasteiger partial charge in [-0.2, -0.15) is 0 Å². The zero-order valence-corrected chi connectivity index (χ0v) is 18.9. The molecule has 1 atom stereocenters. The van der Waals surface area contributed by atoms with E-state index in [9.17, 15) is 0 Å². The van der Waals surface area contributed by atoms with Gasteiger partial charge in [0.2, 0.25) is 0 Å². The molecule has 1 saturated heterocycles. The van der Waals surface area contributed by atoms with E-state index in [1.165, 1.54) is 11.3 Å². The maximum atomic E-state index is 15.2. The minimum absolute atomic E-state index is 0.133. The van der Waals surface area contributed by atoms with Crippen LogP contribution in [0.2, 0.25) is 11.6 Å². The van der Waals surface area contributed by atoms with Crippen LogP contribution >= 0.6 is 0 Å². The van der Waals surface area contributed by atoms with E-state index >= 15 is 4.39 Å². The largest absolute Gasteiger partial charge is 0.415 e. The van der Waals surface area contributed by atoms with Crippen molar-refractivity contribution in [3.63, 3.8) is 0 Å². The number of hydrogen-bond acceptors (Lipinski definition) is 4. The molecular weight excluding hydrogens is 369 g/mol. The van der Waals surface area contributed by atoms with Gasteiger partial charge >= 0.3 is 0 Å². The summed E-state index contributed by atoms with van der Waals surface area (Å²) in [6.07, 6.45) is 3.73. The van der Waals surface area contributed by atoms with Crippen molar-refractivity contribution in [1.82, 2.24) is 4.98 Å². The van der Waals surface area contributed by atoms with Gasteiger partial charge in [0, 0.05) is 49.8 Å². The zero-order valence-electron chi connectivity index (χ0n) is 17.7. The van der Waals surface area contributed by atoms with E-state index in [2.05, 4.69) is 55.1 Å². The first-order valence-corrected chi connectivity index (χ1v) is 12.3. The highest BCUT2D eigenvalue weighted by atomic mass is 28.3. The van der Waals surface area contributed by atoms with Gasteiger partial charge in [-0.15, -0.1) is 0 Å². The van der Waals surface area contributed by atoms with E-state index in [0.717, 1.165) is 26.2 Å². The summed E-state index contributed by atoms with van der Waals surface area (Å²) in [4.78, 5) is 8.68. The van der Waals surface area contributed by atoms with Gasteiger partial charge < -0.3 is 14.2 Å². The third kappa shape index (κ3) is 4.73. The van der Waals surface area contributed by atoms with Gasteiger partial charge in [-0.1, -0.05) is 32.9 Å². The number of rotatable bonds is 5. The molecule has 0 bridgehead atoms. The molecule has 28 heavy (non-hydrogen) atoms. The third-order valence-corrected chi connectivity index (χ3v) is 8.82. The van der Waals surface area contributed by atoms with Gasteiger partial charge in [-0.25, -0.2) is 4.39 Å². The molecule has 1 unspecified atom stereocenters. The maximum Gasteiger partial charge on any atom is 0.179 e. The minimum atomic E-state index is -1.37. The van der Waals surface area contributed by atoms with Crippen LogP contribution in [0.1, 0.15) is 31.9 Å². The van der Waals surface area contributed by atoms with Crippen LogP contribution in [0.3, 0.4) is 0 Å². The fourth-order valence-electron chi connectivity index (χ4n) is 3.40. The molecule has 6 heteroatoms. The number of hydrogen-bond donors (Lipinski definition) is 0. The lowest BCUT2D eigenvalue weighted by Crippen LogP contribution is -2.47. The van der Waals surface area contributed by atoms with Gasteiger partial charge in [0.15, 0.2) is 14.9 Å². The Kier molecular flexibility index (Phi) is 6.40. The number of aryl methyl sites for hydroxylation is 1. The topological polar surface area (TPSA) is 28.6 Å². The van der Waals surface area contributed by atoms with Crippen molar-refractivity contribution >= 4 is 20.4 Å². The molecule has 0 radical (unpaired) electrons. The molecule has 3 rings (SSSR count). The molecule has 0 saturated carbocycles. The van der Waals surface area contributed by atoms with Crippen molar-refractivity contribution in [2.75, 3.05) is 36.0 Å². The third-order valence-electron chi connectivity index (χ3n) is 5.72. The second kappa shape index (κ2) is 8.62. The van der Waals surface area contributed by atoms with E-state index in [0.29, 0.717) is 17.9 Å². The Morgan fingerprint density at radius 3 is 2.32 bits per heavy atom. The number of anilines is 2. The summed E-state index contributed by atoms with van der Waals surface area (Å²) in [6.45, 7) is 14.6. The van der Waals surface area contributed by atoms with E-state index < -0.39 is 9.04 Å². The summed E-state index contributed by atoms with van der Waals surface area (Å²) in [6, 6.07) is 7.74. The first kappa shape index (κ1) is 20.8. The Morgan fingerprint density at radius 2 is 1.71 bits per heavy atom. The van der Waals surface area contributed by atoms with Crippen molar-refractivity contribution in [2.24, 2.45) is 0 Å². The summed E-state index contributed by atoms with van der Waals surface area (Å²) >= 11 is 0. The Morgan fingerprint density at radius 1 is 1.07 bits per heavy atom. The minimum Gasteiger partial charge on any atom is -0.415 e. The van der Waals surface area contributed by atoms with Crippen LogP contribution in [0.15, 0.2) is 36.7 Å². The van der Waals surface area contributed by atoms with Crippen LogP contribution in [0, 0.1) is 12.7 Å². The molecule has 1 aromatic carbocycles. The molecule has 1 aliphatic heterocycles. The van der Waals surface area contributed by atoms with Crippen molar-refractivity contribution in [3.8, 4) is 0 Å². The van der Waals surface area contributed by atoms with E-state index in [-0.39, 0.29) is 10.9 Å². The fraction of sp³-hybridized carbons (Fsp3) is 0.500. The van der Waals surface area contributed by atoms with Crippen LogP contribution in [-0.2, 0) is 11.0 Å². The molecule has 0 amide bonds. The number of pyridine rings is 1. The molecule has 1 aromatic heterocycles. The highest BCUT2D eigenvalue weighted by Gasteiger charge is 2.25. The SMILES string of the molecule is Cc1cnccc1N1CCN(c2cccc(CO[SiH](C)C(C)(C)C)c2F)CC1. The number of aromatic nitrogens is 1. The lowest BCUT2D eigenvalue weighted by molar-refractivity contribution is 0.288. The normalized spacial score (nSPS) is 16.4. The lowest BCUT2D eigenvalue weighted by Gasteiger charge is -2.38. The van der Waals surface area contributed by atoms with Crippen molar-refractivity contribution in [2.45, 2.75) is 45.9 Å². The quantitative estimate of drug-likeness (QED) is 0.689. The van der Waals surface area contributed by atoms with Gasteiger partial charge in [-0.3, -0.25) is 4.98 Å². The second-order valence-corrected chi connectivity index (χ2v) is 12.1. The molecule has 0 spiro atoms.